The van der Waals surface area contributed by atoms with Crippen molar-refractivity contribution in [1.29, 1.82) is 0 Å². The summed E-state index contributed by atoms with van der Waals surface area (Å²) in [6.45, 7) is 4.27. The van der Waals surface area contributed by atoms with Gasteiger partial charge in [0.25, 0.3) is 0 Å². The predicted octanol–water partition coefficient (Wildman–Crippen LogP) is 3.77. The average molecular weight is 380 g/mol. The third-order valence-electron chi connectivity index (χ3n) is 7.08. The van der Waals surface area contributed by atoms with Crippen molar-refractivity contribution >= 4 is 5.91 Å². The largest absolute Gasteiger partial charge is 0.488 e. The van der Waals surface area contributed by atoms with E-state index >= 15 is 0 Å². The van der Waals surface area contributed by atoms with E-state index in [1.807, 2.05) is 42.0 Å². The average Bonchev–Trinajstić information content (AvgIpc) is 3.23. The lowest BCUT2D eigenvalue weighted by atomic mass is 9.79. The van der Waals surface area contributed by atoms with Crippen LogP contribution in [-0.2, 0) is 23.7 Å². The van der Waals surface area contributed by atoms with Crippen molar-refractivity contribution in [2.45, 2.75) is 63.0 Å². The van der Waals surface area contributed by atoms with Crippen LogP contribution in [0.3, 0.4) is 0 Å². The number of hydrogen-bond acceptors (Lipinski definition) is 3. The smallest absolute Gasteiger partial charge is 0.226 e. The van der Waals surface area contributed by atoms with Gasteiger partial charge in [0.1, 0.15) is 11.4 Å². The molecule has 1 unspecified atom stereocenters. The Morgan fingerprint density at radius 3 is 2.93 bits per heavy atom. The van der Waals surface area contributed by atoms with Crippen LogP contribution in [0.4, 0.5) is 0 Å². The highest BCUT2D eigenvalue weighted by atomic mass is 16.5. The molecule has 28 heavy (non-hydrogen) atoms. The van der Waals surface area contributed by atoms with Crippen molar-refractivity contribution in [2.75, 3.05) is 7.05 Å². The van der Waals surface area contributed by atoms with Crippen LogP contribution < -0.4 is 4.74 Å². The lowest BCUT2D eigenvalue weighted by molar-refractivity contribution is -0.134. The Morgan fingerprint density at radius 1 is 1.32 bits per heavy atom. The Bertz CT molecular complexity index is 947. The SMILES string of the molecule is CN(C(=O)[C@H]1C[C@@]12CC(C)(C)Oc1ccccc12)C1CCCc2c1cnn2C. The molecule has 148 valence electrons. The van der Waals surface area contributed by atoms with Gasteiger partial charge >= 0.3 is 0 Å². The number of para-hydroxylation sites is 1. The Labute approximate surface area is 166 Å². The zero-order chi connectivity index (χ0) is 19.7. The summed E-state index contributed by atoms with van der Waals surface area (Å²) in [5, 5.41) is 4.44. The van der Waals surface area contributed by atoms with Gasteiger partial charge in [-0.05, 0) is 52.0 Å². The van der Waals surface area contributed by atoms with Crippen molar-refractivity contribution in [1.82, 2.24) is 14.7 Å². The van der Waals surface area contributed by atoms with Crippen LogP contribution in [0.1, 0.15) is 62.4 Å². The zero-order valence-corrected chi connectivity index (χ0v) is 17.2. The summed E-state index contributed by atoms with van der Waals surface area (Å²) < 4.78 is 8.18. The van der Waals surface area contributed by atoms with Crippen molar-refractivity contribution in [3.8, 4) is 5.75 Å². The van der Waals surface area contributed by atoms with E-state index in [0.717, 1.165) is 37.9 Å². The fraction of sp³-hybridized carbons (Fsp3) is 0.565. The molecule has 1 saturated carbocycles. The van der Waals surface area contributed by atoms with E-state index < -0.39 is 0 Å². The third kappa shape index (κ3) is 2.51. The summed E-state index contributed by atoms with van der Waals surface area (Å²) in [5.41, 5.74) is 3.40. The van der Waals surface area contributed by atoms with E-state index in [9.17, 15) is 4.79 Å². The second kappa shape index (κ2) is 5.85. The monoisotopic (exact) mass is 379 g/mol. The summed E-state index contributed by atoms with van der Waals surface area (Å²) in [5.74, 6) is 1.27. The van der Waals surface area contributed by atoms with Gasteiger partial charge < -0.3 is 9.64 Å². The number of ether oxygens (including phenoxy) is 1. The molecule has 0 bridgehead atoms. The summed E-state index contributed by atoms with van der Waals surface area (Å²) in [7, 11) is 3.98. The first-order chi connectivity index (χ1) is 13.3. The number of hydrogen-bond donors (Lipinski definition) is 0. The van der Waals surface area contributed by atoms with Gasteiger partial charge in [0.05, 0.1) is 12.2 Å². The predicted molar refractivity (Wildman–Crippen MR) is 107 cm³/mol. The Kier molecular flexibility index (Phi) is 3.71. The Hall–Kier alpha value is -2.30. The highest BCUT2D eigenvalue weighted by Crippen LogP contribution is 2.64. The van der Waals surface area contributed by atoms with Crippen molar-refractivity contribution in [2.24, 2.45) is 13.0 Å². The van der Waals surface area contributed by atoms with Gasteiger partial charge in [-0.3, -0.25) is 9.48 Å². The van der Waals surface area contributed by atoms with Gasteiger partial charge in [0.2, 0.25) is 5.91 Å². The number of carbonyl (C=O) groups is 1. The molecule has 5 heteroatoms. The lowest BCUT2D eigenvalue weighted by Crippen LogP contribution is -2.41. The van der Waals surface area contributed by atoms with Crippen molar-refractivity contribution in [3.05, 3.63) is 47.3 Å². The van der Waals surface area contributed by atoms with E-state index in [2.05, 4.69) is 31.1 Å². The highest BCUT2D eigenvalue weighted by Gasteiger charge is 2.64. The Balaban J connectivity index is 1.44. The second-order valence-electron chi connectivity index (χ2n) is 9.47. The normalized spacial score (nSPS) is 29.6. The molecule has 1 aliphatic heterocycles. The number of benzene rings is 1. The molecular formula is C23H29N3O2. The molecule has 1 aromatic heterocycles. The van der Waals surface area contributed by atoms with Gasteiger partial charge in [0, 0.05) is 42.2 Å². The van der Waals surface area contributed by atoms with Crippen LogP contribution in [0.2, 0.25) is 0 Å². The molecule has 1 fully saturated rings. The highest BCUT2D eigenvalue weighted by molar-refractivity contribution is 5.85. The first-order valence-corrected chi connectivity index (χ1v) is 10.4. The molecule has 2 aromatic rings. The number of aryl methyl sites for hydroxylation is 1. The maximum Gasteiger partial charge on any atom is 0.226 e. The van der Waals surface area contributed by atoms with Crippen LogP contribution in [0.5, 0.6) is 5.75 Å². The fourth-order valence-corrected chi connectivity index (χ4v) is 5.76. The maximum atomic E-state index is 13.6. The first kappa shape index (κ1) is 17.8. The van der Waals surface area contributed by atoms with Gasteiger partial charge in [-0.2, -0.15) is 5.10 Å². The Morgan fingerprint density at radius 2 is 2.11 bits per heavy atom. The van der Waals surface area contributed by atoms with E-state index in [1.165, 1.54) is 16.8 Å². The standard InChI is InChI=1S/C23H29N3O2/c1-22(2)14-23(16-8-5-6-11-20(16)28-22)12-17(23)21(27)25(3)18-9-7-10-19-15(18)13-24-26(19)4/h5-6,8,11,13,17-18H,7,9-10,12,14H2,1-4H3/t17-,18?,23+/m1/s1. The topological polar surface area (TPSA) is 47.4 Å². The van der Waals surface area contributed by atoms with Crippen LogP contribution in [0.15, 0.2) is 30.5 Å². The number of amides is 1. The molecule has 2 heterocycles. The van der Waals surface area contributed by atoms with E-state index in [1.54, 1.807) is 0 Å². The molecule has 3 atom stereocenters. The third-order valence-corrected chi connectivity index (χ3v) is 7.08. The first-order valence-electron chi connectivity index (χ1n) is 10.4. The number of aromatic nitrogens is 2. The van der Waals surface area contributed by atoms with Crippen LogP contribution in [0.25, 0.3) is 0 Å². The molecule has 0 N–H and O–H groups in total. The molecule has 2 aliphatic carbocycles. The summed E-state index contributed by atoms with van der Waals surface area (Å²) in [6, 6.07) is 8.42. The minimum Gasteiger partial charge on any atom is -0.488 e. The second-order valence-corrected chi connectivity index (χ2v) is 9.47. The van der Waals surface area contributed by atoms with E-state index in [0.29, 0.717) is 0 Å². The number of fused-ring (bicyclic) bond motifs is 3. The van der Waals surface area contributed by atoms with Crippen LogP contribution in [-0.4, -0.2) is 33.2 Å². The molecule has 5 rings (SSSR count). The van der Waals surface area contributed by atoms with E-state index in [-0.39, 0.29) is 28.9 Å². The molecular weight excluding hydrogens is 350 g/mol. The van der Waals surface area contributed by atoms with E-state index in [4.69, 9.17) is 4.74 Å². The number of rotatable bonds is 2. The van der Waals surface area contributed by atoms with Crippen LogP contribution in [0, 0.1) is 5.92 Å². The minimum absolute atomic E-state index is 0.0453. The van der Waals surface area contributed by atoms with Crippen LogP contribution >= 0.6 is 0 Å². The minimum atomic E-state index is -0.247. The molecule has 3 aliphatic rings. The molecule has 5 nitrogen and oxygen atoms in total. The lowest BCUT2D eigenvalue weighted by Gasteiger charge is -2.39. The molecule has 1 aromatic carbocycles. The summed E-state index contributed by atoms with van der Waals surface area (Å²) in [4.78, 5) is 15.6. The number of carbonyl (C=O) groups excluding carboxylic acids is 1. The van der Waals surface area contributed by atoms with Gasteiger partial charge in [-0.25, -0.2) is 0 Å². The molecule has 1 spiro atoms. The van der Waals surface area contributed by atoms with Gasteiger partial charge in [-0.1, -0.05) is 18.2 Å². The molecule has 0 radical (unpaired) electrons. The molecule has 0 saturated heterocycles. The van der Waals surface area contributed by atoms with Crippen molar-refractivity contribution < 1.29 is 9.53 Å². The van der Waals surface area contributed by atoms with Gasteiger partial charge in [-0.15, -0.1) is 0 Å². The van der Waals surface area contributed by atoms with Gasteiger partial charge in [0.15, 0.2) is 0 Å². The maximum absolute atomic E-state index is 13.6. The summed E-state index contributed by atoms with van der Waals surface area (Å²) >= 11 is 0. The fourth-order valence-electron chi connectivity index (χ4n) is 5.76. The quantitative estimate of drug-likeness (QED) is 0.798. The molecule has 1 amide bonds. The zero-order valence-electron chi connectivity index (χ0n) is 17.2. The van der Waals surface area contributed by atoms with Crippen molar-refractivity contribution in [3.63, 3.8) is 0 Å². The number of nitrogens with zero attached hydrogens (tertiary/aromatic N) is 3. The summed E-state index contributed by atoms with van der Waals surface area (Å²) in [6.07, 6.45) is 6.95.